The first-order valence-electron chi connectivity index (χ1n) is 8.21. The van der Waals surface area contributed by atoms with E-state index in [0.717, 1.165) is 0 Å². The molecule has 132 valence electrons. The zero-order valence-electron chi connectivity index (χ0n) is 13.9. The SMILES string of the molecule is COC[C@@]12COC[C@@H]1CN(C(=O)c1cc(=O)[nH]c3cc(F)ccc13)C2. The molecule has 2 aliphatic heterocycles. The minimum absolute atomic E-state index is 0.187. The standard InChI is InChI=1S/C18H19FN2O4/c1-24-9-18-8-21(6-11(18)7-25-10-18)17(23)14-5-16(22)20-15-4-12(19)2-3-13(14)15/h2-5,11H,6-10H2,1H3,(H,20,22)/t11-,18-/m0/s1. The number of carbonyl (C=O) groups excluding carboxylic acids is 1. The maximum atomic E-state index is 13.4. The van der Waals surface area contributed by atoms with Gasteiger partial charge in [-0.3, -0.25) is 9.59 Å². The number of rotatable bonds is 3. The van der Waals surface area contributed by atoms with Crippen LogP contribution in [0, 0.1) is 17.2 Å². The van der Waals surface area contributed by atoms with E-state index in [1.54, 1.807) is 12.0 Å². The third-order valence-corrected chi connectivity index (χ3v) is 5.28. The summed E-state index contributed by atoms with van der Waals surface area (Å²) in [5, 5.41) is 0.542. The van der Waals surface area contributed by atoms with Gasteiger partial charge in [0.05, 0.1) is 30.9 Å². The normalized spacial score (nSPS) is 25.5. The van der Waals surface area contributed by atoms with Crippen LogP contribution in [0.1, 0.15) is 10.4 Å². The van der Waals surface area contributed by atoms with Gasteiger partial charge in [0.2, 0.25) is 5.56 Å². The average molecular weight is 346 g/mol. The highest BCUT2D eigenvalue weighted by molar-refractivity contribution is 6.06. The Morgan fingerprint density at radius 3 is 3.12 bits per heavy atom. The third kappa shape index (κ3) is 2.63. The summed E-state index contributed by atoms with van der Waals surface area (Å²) < 4.78 is 24.4. The van der Waals surface area contributed by atoms with Crippen LogP contribution < -0.4 is 5.56 Å². The summed E-state index contributed by atoms with van der Waals surface area (Å²) in [4.78, 5) is 29.3. The number of H-pyrrole nitrogens is 1. The van der Waals surface area contributed by atoms with Crippen molar-refractivity contribution in [3.05, 3.63) is 46.0 Å². The Balaban J connectivity index is 1.71. The summed E-state index contributed by atoms with van der Waals surface area (Å²) >= 11 is 0. The second-order valence-electron chi connectivity index (χ2n) is 6.93. The first kappa shape index (κ1) is 16.2. The number of pyridine rings is 1. The van der Waals surface area contributed by atoms with E-state index in [2.05, 4.69) is 4.98 Å². The summed E-state index contributed by atoms with van der Waals surface area (Å²) in [5.41, 5.74) is 0.0150. The van der Waals surface area contributed by atoms with Crippen LogP contribution in [0.25, 0.3) is 10.9 Å². The lowest BCUT2D eigenvalue weighted by molar-refractivity contribution is 0.0489. The van der Waals surface area contributed by atoms with E-state index in [-0.39, 0.29) is 17.2 Å². The van der Waals surface area contributed by atoms with Crippen LogP contribution in [0.15, 0.2) is 29.1 Å². The predicted octanol–water partition coefficient (Wildman–Crippen LogP) is 1.40. The summed E-state index contributed by atoms with van der Waals surface area (Å²) in [6, 6.07) is 5.33. The Hall–Kier alpha value is -2.25. The van der Waals surface area contributed by atoms with Gasteiger partial charge in [0.1, 0.15) is 5.82 Å². The van der Waals surface area contributed by atoms with Crippen LogP contribution in [0.2, 0.25) is 0 Å². The Labute approximate surface area is 143 Å². The molecule has 0 spiro atoms. The minimum atomic E-state index is -0.459. The van der Waals surface area contributed by atoms with Gasteiger partial charge in [-0.1, -0.05) is 0 Å². The molecule has 2 fully saturated rings. The molecule has 0 aliphatic carbocycles. The van der Waals surface area contributed by atoms with Gasteiger partial charge in [0.15, 0.2) is 0 Å². The number of hydrogen-bond acceptors (Lipinski definition) is 4. The van der Waals surface area contributed by atoms with Crippen molar-refractivity contribution in [2.45, 2.75) is 0 Å². The molecule has 1 amide bonds. The molecule has 2 aromatic rings. The number of hydrogen-bond donors (Lipinski definition) is 1. The van der Waals surface area contributed by atoms with Gasteiger partial charge in [-0.15, -0.1) is 0 Å². The number of ether oxygens (including phenoxy) is 2. The van der Waals surface area contributed by atoms with Gasteiger partial charge in [0, 0.05) is 43.0 Å². The Morgan fingerprint density at radius 1 is 1.48 bits per heavy atom. The number of aromatic nitrogens is 1. The molecule has 2 aliphatic rings. The van der Waals surface area contributed by atoms with E-state index in [4.69, 9.17) is 9.47 Å². The third-order valence-electron chi connectivity index (χ3n) is 5.28. The first-order chi connectivity index (χ1) is 12.0. The van der Waals surface area contributed by atoms with Crippen molar-refractivity contribution in [3.63, 3.8) is 0 Å². The lowest BCUT2D eigenvalue weighted by Crippen LogP contribution is -2.37. The fourth-order valence-electron chi connectivity index (χ4n) is 4.06. The fourth-order valence-corrected chi connectivity index (χ4v) is 4.06. The van der Waals surface area contributed by atoms with E-state index < -0.39 is 11.4 Å². The molecule has 1 N–H and O–H groups in total. The molecule has 7 heteroatoms. The molecule has 0 unspecified atom stereocenters. The first-order valence-corrected chi connectivity index (χ1v) is 8.21. The van der Waals surface area contributed by atoms with Crippen molar-refractivity contribution in [3.8, 4) is 0 Å². The molecular weight excluding hydrogens is 327 g/mol. The number of methoxy groups -OCH3 is 1. The molecule has 6 nitrogen and oxygen atoms in total. The number of halogens is 1. The number of amides is 1. The second-order valence-corrected chi connectivity index (χ2v) is 6.93. The largest absolute Gasteiger partial charge is 0.384 e. The van der Waals surface area contributed by atoms with E-state index in [1.165, 1.54) is 24.3 Å². The lowest BCUT2D eigenvalue weighted by atomic mass is 9.82. The number of fused-ring (bicyclic) bond motifs is 2. The van der Waals surface area contributed by atoms with Crippen LogP contribution in [0.4, 0.5) is 4.39 Å². The summed E-state index contributed by atoms with van der Waals surface area (Å²) in [6.07, 6.45) is 0. The van der Waals surface area contributed by atoms with Crippen molar-refractivity contribution < 1.29 is 18.7 Å². The highest BCUT2D eigenvalue weighted by Crippen LogP contribution is 2.42. The molecule has 2 atom stereocenters. The number of nitrogens with zero attached hydrogens (tertiary/aromatic N) is 1. The Kier molecular flexibility index (Phi) is 3.85. The lowest BCUT2D eigenvalue weighted by Gasteiger charge is -2.26. The summed E-state index contributed by atoms with van der Waals surface area (Å²) in [5.74, 6) is -0.450. The van der Waals surface area contributed by atoms with Crippen LogP contribution in [0.5, 0.6) is 0 Å². The van der Waals surface area contributed by atoms with Gasteiger partial charge in [-0.2, -0.15) is 0 Å². The van der Waals surface area contributed by atoms with Crippen LogP contribution >= 0.6 is 0 Å². The van der Waals surface area contributed by atoms with Gasteiger partial charge >= 0.3 is 0 Å². The highest BCUT2D eigenvalue weighted by Gasteiger charge is 2.52. The van der Waals surface area contributed by atoms with Gasteiger partial charge < -0.3 is 19.4 Å². The topological polar surface area (TPSA) is 71.6 Å². The average Bonchev–Trinajstić information content (AvgIpc) is 3.10. The van der Waals surface area contributed by atoms with Crippen LogP contribution in [-0.2, 0) is 9.47 Å². The zero-order chi connectivity index (χ0) is 17.6. The number of nitrogens with one attached hydrogen (secondary N) is 1. The minimum Gasteiger partial charge on any atom is -0.384 e. The Bertz CT molecular complexity index is 896. The second kappa shape index (κ2) is 5.93. The maximum Gasteiger partial charge on any atom is 0.254 e. The monoisotopic (exact) mass is 346 g/mol. The summed E-state index contributed by atoms with van der Waals surface area (Å²) in [7, 11) is 1.65. The molecule has 0 radical (unpaired) electrons. The zero-order valence-corrected chi connectivity index (χ0v) is 13.9. The molecule has 1 aromatic carbocycles. The number of aromatic amines is 1. The van der Waals surface area contributed by atoms with Crippen molar-refractivity contribution in [1.82, 2.24) is 9.88 Å². The van der Waals surface area contributed by atoms with Crippen molar-refractivity contribution in [2.24, 2.45) is 11.3 Å². The van der Waals surface area contributed by atoms with Crippen LogP contribution in [-0.4, -0.2) is 55.8 Å². The van der Waals surface area contributed by atoms with E-state index >= 15 is 0 Å². The Morgan fingerprint density at radius 2 is 2.32 bits per heavy atom. The van der Waals surface area contributed by atoms with Gasteiger partial charge in [-0.05, 0) is 18.2 Å². The van der Waals surface area contributed by atoms with E-state index in [1.807, 2.05) is 0 Å². The molecule has 4 rings (SSSR count). The number of benzene rings is 1. The van der Waals surface area contributed by atoms with Gasteiger partial charge in [0.25, 0.3) is 5.91 Å². The molecule has 0 bridgehead atoms. The quantitative estimate of drug-likeness (QED) is 0.912. The van der Waals surface area contributed by atoms with Crippen molar-refractivity contribution in [2.75, 3.05) is 40.0 Å². The highest BCUT2D eigenvalue weighted by atomic mass is 19.1. The molecule has 25 heavy (non-hydrogen) atoms. The molecule has 2 saturated heterocycles. The van der Waals surface area contributed by atoms with Crippen molar-refractivity contribution >= 4 is 16.8 Å². The van der Waals surface area contributed by atoms with Crippen molar-refractivity contribution in [1.29, 1.82) is 0 Å². The molecule has 1 aromatic heterocycles. The number of carbonyl (C=O) groups is 1. The maximum absolute atomic E-state index is 13.4. The van der Waals surface area contributed by atoms with Gasteiger partial charge in [-0.25, -0.2) is 4.39 Å². The van der Waals surface area contributed by atoms with E-state index in [0.29, 0.717) is 49.4 Å². The predicted molar refractivity (Wildman–Crippen MR) is 89.0 cm³/mol. The summed E-state index contributed by atoms with van der Waals surface area (Å²) in [6.45, 7) is 2.80. The molecule has 3 heterocycles. The van der Waals surface area contributed by atoms with E-state index in [9.17, 15) is 14.0 Å². The fraction of sp³-hybridized carbons (Fsp3) is 0.444. The smallest absolute Gasteiger partial charge is 0.254 e. The number of likely N-dealkylation sites (tertiary alicyclic amines) is 1. The molecular formula is C18H19FN2O4. The van der Waals surface area contributed by atoms with Crippen LogP contribution in [0.3, 0.4) is 0 Å². The molecule has 0 saturated carbocycles.